The molecule has 0 saturated heterocycles. The van der Waals surface area contributed by atoms with Crippen molar-refractivity contribution in [2.45, 2.75) is 19.5 Å². The van der Waals surface area contributed by atoms with Crippen molar-refractivity contribution >= 4 is 17.1 Å². The second-order valence-electron chi connectivity index (χ2n) is 15.2. The van der Waals surface area contributed by atoms with Crippen molar-refractivity contribution in [2.75, 3.05) is 10.2 Å². The van der Waals surface area contributed by atoms with Crippen LogP contribution in [0.2, 0.25) is 0 Å². The van der Waals surface area contributed by atoms with Crippen molar-refractivity contribution in [3.05, 3.63) is 218 Å². The van der Waals surface area contributed by atoms with Gasteiger partial charge < -0.3 is 10.2 Å². The highest BCUT2D eigenvalue weighted by atomic mass is 15.3. The zero-order valence-electron chi connectivity index (χ0n) is 33.0. The van der Waals surface area contributed by atoms with Crippen LogP contribution in [0.25, 0.3) is 78.1 Å². The largest absolute Gasteiger partial charge is 0.363 e. The van der Waals surface area contributed by atoms with Gasteiger partial charge in [0.15, 0.2) is 0 Å². The van der Waals surface area contributed by atoms with Gasteiger partial charge in [0.1, 0.15) is 6.17 Å². The van der Waals surface area contributed by atoms with Crippen LogP contribution in [0.3, 0.4) is 0 Å². The minimum Gasteiger partial charge on any atom is -0.363 e. The molecule has 1 atom stereocenters. The smallest absolute Gasteiger partial charge is 0.104 e. The summed E-state index contributed by atoms with van der Waals surface area (Å²) in [6.45, 7) is 2.24. The molecule has 9 aromatic rings. The van der Waals surface area contributed by atoms with Crippen molar-refractivity contribution in [2.24, 2.45) is 0 Å². The van der Waals surface area contributed by atoms with Gasteiger partial charge in [-0.2, -0.15) is 0 Å². The maximum absolute atomic E-state index is 5.34. The summed E-state index contributed by atoms with van der Waals surface area (Å²) < 4.78 is 0. The first kappa shape index (κ1) is 35.9. The fraction of sp³-hybridized carbons (Fsp3) is 0.0536. The summed E-state index contributed by atoms with van der Waals surface area (Å²) in [6, 6.07) is 78.4. The average Bonchev–Trinajstić information content (AvgIpc) is 3.71. The fourth-order valence-corrected chi connectivity index (χ4v) is 8.44. The summed E-state index contributed by atoms with van der Waals surface area (Å²) in [5.74, 6) is 0. The van der Waals surface area contributed by atoms with Crippen LogP contribution in [-0.2, 0) is 0 Å². The molecule has 1 aliphatic rings. The number of aromatic nitrogens is 1. The van der Waals surface area contributed by atoms with Crippen LogP contribution in [0.4, 0.5) is 17.1 Å². The predicted octanol–water partition coefficient (Wildman–Crippen LogP) is 15.1. The molecule has 1 aliphatic heterocycles. The van der Waals surface area contributed by atoms with E-state index in [1.54, 1.807) is 0 Å². The molecule has 1 unspecified atom stereocenters. The fourth-order valence-electron chi connectivity index (χ4n) is 8.44. The van der Waals surface area contributed by atoms with Crippen molar-refractivity contribution < 1.29 is 0 Å². The number of rotatable bonds is 9. The zero-order chi connectivity index (χ0) is 39.5. The Hall–Kier alpha value is -7.49. The standard InChI is InChI=1S/C56H43N3/c1-2-56-58-51-29-13-15-31-55(51)59(56)54-30-14-12-28-50(54)44-26-16-24-42(32-44)43-25-17-27-45(33-43)53-38-49(37-52(57-53)41-22-10-5-11-23-41)48-35-46(39-18-6-3-7-19-39)34-47(36-48)40-20-8-4-9-21-40/h3-38,56,58H,2H2,1H3. The van der Waals surface area contributed by atoms with Gasteiger partial charge >= 0.3 is 0 Å². The molecule has 2 heterocycles. The summed E-state index contributed by atoms with van der Waals surface area (Å²) in [5, 5.41) is 3.74. The van der Waals surface area contributed by atoms with E-state index in [4.69, 9.17) is 4.98 Å². The number of hydrogen-bond acceptors (Lipinski definition) is 3. The Labute approximate surface area is 347 Å². The third-order valence-corrected chi connectivity index (χ3v) is 11.4. The Morgan fingerprint density at radius 3 is 1.42 bits per heavy atom. The molecule has 3 nitrogen and oxygen atoms in total. The van der Waals surface area contributed by atoms with Gasteiger partial charge in [-0.1, -0.05) is 165 Å². The lowest BCUT2D eigenvalue weighted by Gasteiger charge is -2.28. The molecule has 0 saturated carbocycles. The zero-order valence-corrected chi connectivity index (χ0v) is 33.0. The van der Waals surface area contributed by atoms with Gasteiger partial charge in [-0.15, -0.1) is 0 Å². The van der Waals surface area contributed by atoms with Gasteiger partial charge in [-0.05, 0) is 117 Å². The van der Waals surface area contributed by atoms with Crippen LogP contribution in [0.15, 0.2) is 218 Å². The molecule has 8 aromatic carbocycles. The summed E-state index contributed by atoms with van der Waals surface area (Å²) >= 11 is 0. The maximum atomic E-state index is 5.34. The Bertz CT molecular complexity index is 2840. The van der Waals surface area contributed by atoms with Crippen molar-refractivity contribution in [3.63, 3.8) is 0 Å². The Morgan fingerprint density at radius 2 is 0.797 bits per heavy atom. The lowest BCUT2D eigenvalue weighted by atomic mass is 9.92. The van der Waals surface area contributed by atoms with Gasteiger partial charge in [0.25, 0.3) is 0 Å². The van der Waals surface area contributed by atoms with Gasteiger partial charge in [-0.3, -0.25) is 0 Å². The topological polar surface area (TPSA) is 28.2 Å². The number of benzene rings is 8. The second-order valence-corrected chi connectivity index (χ2v) is 15.2. The van der Waals surface area contributed by atoms with Crippen LogP contribution in [0.1, 0.15) is 13.3 Å². The third kappa shape index (κ3) is 7.20. The molecule has 0 aliphatic carbocycles. The van der Waals surface area contributed by atoms with Gasteiger partial charge in [0, 0.05) is 16.7 Å². The monoisotopic (exact) mass is 757 g/mol. The predicted molar refractivity (Wildman–Crippen MR) is 249 cm³/mol. The number of nitrogens with zero attached hydrogens (tertiary/aromatic N) is 2. The molecule has 3 heteroatoms. The third-order valence-electron chi connectivity index (χ3n) is 11.4. The van der Waals surface area contributed by atoms with Crippen LogP contribution in [0, 0.1) is 0 Å². The van der Waals surface area contributed by atoms with Crippen molar-refractivity contribution in [1.82, 2.24) is 4.98 Å². The lowest BCUT2D eigenvalue weighted by molar-refractivity contribution is 0.729. The first-order valence-corrected chi connectivity index (χ1v) is 20.5. The number of anilines is 3. The summed E-state index contributed by atoms with van der Waals surface area (Å²) in [4.78, 5) is 7.80. The molecule has 1 aromatic heterocycles. The molecule has 0 bridgehead atoms. The molecular weight excluding hydrogens is 715 g/mol. The molecule has 10 rings (SSSR count). The molecule has 1 N–H and O–H groups in total. The first-order chi connectivity index (χ1) is 29.2. The molecule has 0 fully saturated rings. The number of fused-ring (bicyclic) bond motifs is 1. The van der Waals surface area contributed by atoms with E-state index in [9.17, 15) is 0 Å². The lowest BCUT2D eigenvalue weighted by Crippen LogP contribution is -2.31. The molecule has 0 spiro atoms. The van der Waals surface area contributed by atoms with Crippen LogP contribution in [0.5, 0.6) is 0 Å². The Morgan fingerprint density at radius 1 is 0.373 bits per heavy atom. The molecular formula is C56H43N3. The van der Waals surface area contributed by atoms with Crippen molar-refractivity contribution in [1.29, 1.82) is 0 Å². The Kier molecular flexibility index (Phi) is 9.61. The van der Waals surface area contributed by atoms with E-state index in [0.29, 0.717) is 0 Å². The Balaban J connectivity index is 1.07. The summed E-state index contributed by atoms with van der Waals surface area (Å²) in [5.41, 5.74) is 19.3. The van der Waals surface area contributed by atoms with E-state index in [-0.39, 0.29) is 6.17 Å². The molecule has 282 valence electrons. The first-order valence-electron chi connectivity index (χ1n) is 20.5. The van der Waals surface area contributed by atoms with Crippen LogP contribution < -0.4 is 10.2 Å². The maximum Gasteiger partial charge on any atom is 0.104 e. The normalized spacial score (nSPS) is 13.2. The van der Waals surface area contributed by atoms with E-state index < -0.39 is 0 Å². The highest BCUT2D eigenvalue weighted by Crippen LogP contribution is 2.45. The van der Waals surface area contributed by atoms with E-state index in [1.807, 2.05) is 0 Å². The molecule has 59 heavy (non-hydrogen) atoms. The SMILES string of the molecule is CCC1Nc2ccccc2N1c1ccccc1-c1cccc(-c2cccc(-c3cc(-c4cc(-c5ccccc5)cc(-c5ccccc5)c4)cc(-c4ccccc4)n3)c2)c1. The second kappa shape index (κ2) is 15.8. The van der Waals surface area contributed by atoms with Gasteiger partial charge in [0.05, 0.1) is 28.5 Å². The van der Waals surface area contributed by atoms with Gasteiger partial charge in [-0.25, -0.2) is 4.98 Å². The highest BCUT2D eigenvalue weighted by Gasteiger charge is 2.30. The summed E-state index contributed by atoms with van der Waals surface area (Å²) in [6.07, 6.45) is 1.16. The molecule has 0 radical (unpaired) electrons. The van der Waals surface area contributed by atoms with E-state index >= 15 is 0 Å². The highest BCUT2D eigenvalue weighted by molar-refractivity contribution is 5.91. The number of pyridine rings is 1. The van der Waals surface area contributed by atoms with E-state index in [2.05, 4.69) is 236 Å². The minimum atomic E-state index is 0.184. The van der Waals surface area contributed by atoms with Crippen LogP contribution >= 0.6 is 0 Å². The number of nitrogens with one attached hydrogen (secondary N) is 1. The van der Waals surface area contributed by atoms with Gasteiger partial charge in [0.2, 0.25) is 0 Å². The van der Waals surface area contributed by atoms with Crippen LogP contribution in [-0.4, -0.2) is 11.1 Å². The minimum absolute atomic E-state index is 0.184. The average molecular weight is 758 g/mol. The van der Waals surface area contributed by atoms with Crippen molar-refractivity contribution in [3.8, 4) is 78.1 Å². The molecule has 0 amide bonds. The number of hydrogen-bond donors (Lipinski definition) is 1. The number of para-hydroxylation sites is 3. The van der Waals surface area contributed by atoms with E-state index in [0.717, 1.165) is 51.2 Å². The van der Waals surface area contributed by atoms with E-state index in [1.165, 1.54) is 50.4 Å². The summed E-state index contributed by atoms with van der Waals surface area (Å²) in [7, 11) is 0. The quantitative estimate of drug-likeness (QED) is 0.159.